The van der Waals surface area contributed by atoms with E-state index in [1.807, 2.05) is 17.7 Å². The molecule has 28 heavy (non-hydrogen) atoms. The smallest absolute Gasteiger partial charge is 0.256 e. The maximum Gasteiger partial charge on any atom is 0.256 e. The zero-order valence-corrected chi connectivity index (χ0v) is 15.7. The molecule has 2 aromatic heterocycles. The topological polar surface area (TPSA) is 72.9 Å². The number of aromatic nitrogens is 2. The van der Waals surface area contributed by atoms with E-state index in [1.165, 1.54) is 6.07 Å². The van der Waals surface area contributed by atoms with Gasteiger partial charge in [-0.05, 0) is 48.5 Å². The number of pyridine rings is 1. The van der Waals surface area contributed by atoms with Crippen molar-refractivity contribution in [3.63, 3.8) is 0 Å². The summed E-state index contributed by atoms with van der Waals surface area (Å²) < 4.78 is 15.9. The summed E-state index contributed by atoms with van der Waals surface area (Å²) in [7, 11) is 1.84. The van der Waals surface area contributed by atoms with Gasteiger partial charge in [-0.25, -0.2) is 9.37 Å². The number of hydrogen-bond acceptors (Lipinski definition) is 3. The fourth-order valence-electron chi connectivity index (χ4n) is 3.16. The van der Waals surface area contributed by atoms with Gasteiger partial charge in [-0.2, -0.15) is 0 Å². The van der Waals surface area contributed by atoms with Gasteiger partial charge < -0.3 is 15.6 Å². The Hall–Kier alpha value is -3.38. The molecule has 3 N–H and O–H groups in total. The molecule has 0 spiro atoms. The maximum absolute atomic E-state index is 14.1. The van der Waals surface area contributed by atoms with Crippen LogP contribution in [0.15, 0.2) is 60.7 Å². The first-order chi connectivity index (χ1) is 13.4. The number of nitrogens with two attached hydrogens (primary N) is 1. The molecule has 0 aliphatic rings. The number of fused-ring (bicyclic) bond motifs is 1. The van der Waals surface area contributed by atoms with Gasteiger partial charge in [0.15, 0.2) is 0 Å². The first-order valence-electron chi connectivity index (χ1n) is 8.52. The summed E-state index contributed by atoms with van der Waals surface area (Å²) in [6.45, 7) is 0. The molecule has 0 saturated carbocycles. The van der Waals surface area contributed by atoms with Gasteiger partial charge in [-0.1, -0.05) is 23.7 Å². The SMILES string of the molecule is Cn1c(-c2ccc(NC(=O)c3cccc(Cl)c3)nc2N)cc2c(F)cccc21. The van der Waals surface area contributed by atoms with Crippen molar-refractivity contribution in [2.45, 2.75) is 0 Å². The number of carbonyl (C=O) groups is 1. The molecule has 140 valence electrons. The van der Waals surface area contributed by atoms with Crippen LogP contribution in [0.2, 0.25) is 5.02 Å². The average molecular weight is 395 g/mol. The molecule has 0 saturated heterocycles. The van der Waals surface area contributed by atoms with Crippen molar-refractivity contribution in [1.29, 1.82) is 0 Å². The number of hydrogen-bond donors (Lipinski definition) is 2. The Bertz CT molecular complexity index is 1220. The van der Waals surface area contributed by atoms with Crippen molar-refractivity contribution in [2.24, 2.45) is 7.05 Å². The quantitative estimate of drug-likeness (QED) is 0.520. The molecule has 4 aromatic rings. The minimum Gasteiger partial charge on any atom is -0.383 e. The molecule has 0 aliphatic carbocycles. The van der Waals surface area contributed by atoms with E-state index >= 15 is 0 Å². The van der Waals surface area contributed by atoms with E-state index in [0.717, 1.165) is 11.2 Å². The van der Waals surface area contributed by atoms with Crippen molar-refractivity contribution in [3.05, 3.63) is 77.1 Å². The van der Waals surface area contributed by atoms with Gasteiger partial charge in [0.05, 0.1) is 11.2 Å². The van der Waals surface area contributed by atoms with Crippen LogP contribution in [0, 0.1) is 5.82 Å². The summed E-state index contributed by atoms with van der Waals surface area (Å²) in [4.78, 5) is 16.6. The highest BCUT2D eigenvalue weighted by Crippen LogP contribution is 2.32. The fourth-order valence-corrected chi connectivity index (χ4v) is 3.35. The average Bonchev–Trinajstić information content (AvgIpc) is 3.00. The number of halogens is 2. The van der Waals surface area contributed by atoms with Gasteiger partial charge in [0.25, 0.3) is 5.91 Å². The third-order valence-corrected chi connectivity index (χ3v) is 4.80. The number of nitrogen functional groups attached to an aromatic ring is 1. The molecule has 5 nitrogen and oxygen atoms in total. The molecule has 0 radical (unpaired) electrons. The lowest BCUT2D eigenvalue weighted by atomic mass is 10.1. The third kappa shape index (κ3) is 3.18. The van der Waals surface area contributed by atoms with Crippen LogP contribution in [0.5, 0.6) is 0 Å². The molecular formula is C21H16ClFN4O. The first kappa shape index (κ1) is 18.0. The van der Waals surface area contributed by atoms with Gasteiger partial charge in [0.1, 0.15) is 17.5 Å². The highest BCUT2D eigenvalue weighted by molar-refractivity contribution is 6.31. The summed E-state index contributed by atoms with van der Waals surface area (Å²) >= 11 is 5.92. The summed E-state index contributed by atoms with van der Waals surface area (Å²) in [5.41, 5.74) is 8.69. The molecule has 0 fully saturated rings. The molecule has 7 heteroatoms. The molecule has 4 rings (SSSR count). The lowest BCUT2D eigenvalue weighted by molar-refractivity contribution is 0.102. The van der Waals surface area contributed by atoms with Gasteiger partial charge in [-0.15, -0.1) is 0 Å². The monoisotopic (exact) mass is 394 g/mol. The highest BCUT2D eigenvalue weighted by atomic mass is 35.5. The van der Waals surface area contributed by atoms with Crippen LogP contribution in [0.1, 0.15) is 10.4 Å². The molecule has 0 atom stereocenters. The third-order valence-electron chi connectivity index (χ3n) is 4.56. The Morgan fingerprint density at radius 1 is 1.14 bits per heavy atom. The van der Waals surface area contributed by atoms with Gasteiger partial charge in [-0.3, -0.25) is 4.79 Å². The number of nitrogens with zero attached hydrogens (tertiary/aromatic N) is 2. The fraction of sp³-hybridized carbons (Fsp3) is 0.0476. The largest absolute Gasteiger partial charge is 0.383 e. The zero-order chi connectivity index (χ0) is 19.8. The normalized spacial score (nSPS) is 11.0. The van der Waals surface area contributed by atoms with Crippen molar-refractivity contribution in [3.8, 4) is 11.3 Å². The number of aryl methyl sites for hydroxylation is 1. The number of nitrogens with one attached hydrogen (secondary N) is 1. The van der Waals surface area contributed by atoms with E-state index in [4.69, 9.17) is 17.3 Å². The molecule has 1 amide bonds. The number of carbonyl (C=O) groups excluding carboxylic acids is 1. The molecular weight excluding hydrogens is 379 g/mol. The van der Waals surface area contributed by atoms with E-state index in [-0.39, 0.29) is 17.5 Å². The Balaban J connectivity index is 1.66. The lowest BCUT2D eigenvalue weighted by Crippen LogP contribution is -2.13. The van der Waals surface area contributed by atoms with Gasteiger partial charge in [0, 0.05) is 28.6 Å². The van der Waals surface area contributed by atoms with E-state index < -0.39 is 0 Å². The van der Waals surface area contributed by atoms with Crippen LogP contribution in [0.3, 0.4) is 0 Å². The lowest BCUT2D eigenvalue weighted by Gasteiger charge is -2.10. The summed E-state index contributed by atoms with van der Waals surface area (Å²) in [6.07, 6.45) is 0. The number of anilines is 2. The Labute approximate surface area is 165 Å². The molecule has 0 bridgehead atoms. The predicted octanol–water partition coefficient (Wildman–Crippen LogP) is 4.87. The molecule has 2 aromatic carbocycles. The zero-order valence-electron chi connectivity index (χ0n) is 14.9. The van der Waals surface area contributed by atoms with Crippen LogP contribution in [-0.2, 0) is 7.05 Å². The van der Waals surface area contributed by atoms with Crippen LogP contribution < -0.4 is 11.1 Å². The summed E-state index contributed by atoms with van der Waals surface area (Å²) in [6, 6.07) is 16.7. The van der Waals surface area contributed by atoms with Crippen molar-refractivity contribution < 1.29 is 9.18 Å². The van der Waals surface area contributed by atoms with Gasteiger partial charge >= 0.3 is 0 Å². The standard InChI is InChI=1S/C21H16ClFN4O/c1-27-17-7-3-6-16(23)15(17)11-18(27)14-8-9-19(25-20(14)24)26-21(28)12-4-2-5-13(22)10-12/h2-11H,1H3,(H3,24,25,26,28). The Kier molecular flexibility index (Phi) is 4.49. The summed E-state index contributed by atoms with van der Waals surface area (Å²) in [5, 5.41) is 3.68. The van der Waals surface area contributed by atoms with E-state index in [9.17, 15) is 9.18 Å². The minimum absolute atomic E-state index is 0.232. The Morgan fingerprint density at radius 3 is 2.64 bits per heavy atom. The van der Waals surface area contributed by atoms with E-state index in [1.54, 1.807) is 48.5 Å². The molecule has 0 unspecified atom stereocenters. The van der Waals surface area contributed by atoms with Crippen molar-refractivity contribution in [2.75, 3.05) is 11.1 Å². The van der Waals surface area contributed by atoms with Crippen LogP contribution in [0.25, 0.3) is 22.2 Å². The highest BCUT2D eigenvalue weighted by Gasteiger charge is 2.15. The van der Waals surface area contributed by atoms with Crippen LogP contribution in [0.4, 0.5) is 16.0 Å². The molecule has 0 aliphatic heterocycles. The van der Waals surface area contributed by atoms with E-state index in [2.05, 4.69) is 10.3 Å². The number of rotatable bonds is 3. The van der Waals surface area contributed by atoms with Crippen molar-refractivity contribution >= 4 is 40.0 Å². The van der Waals surface area contributed by atoms with Crippen LogP contribution in [-0.4, -0.2) is 15.5 Å². The second-order valence-corrected chi connectivity index (χ2v) is 6.79. The maximum atomic E-state index is 14.1. The number of benzene rings is 2. The Morgan fingerprint density at radius 2 is 1.93 bits per heavy atom. The van der Waals surface area contributed by atoms with Crippen LogP contribution >= 0.6 is 11.6 Å². The predicted molar refractivity (Wildman–Crippen MR) is 110 cm³/mol. The molecule has 2 heterocycles. The second-order valence-electron chi connectivity index (χ2n) is 6.35. The second kappa shape index (κ2) is 6.98. The number of amides is 1. The minimum atomic E-state index is -0.339. The van der Waals surface area contributed by atoms with Crippen molar-refractivity contribution in [1.82, 2.24) is 9.55 Å². The first-order valence-corrected chi connectivity index (χ1v) is 8.89. The summed E-state index contributed by atoms with van der Waals surface area (Å²) in [5.74, 6) is -0.0866. The van der Waals surface area contributed by atoms with Gasteiger partial charge in [0.2, 0.25) is 0 Å². The van der Waals surface area contributed by atoms with E-state index in [0.29, 0.717) is 27.4 Å².